The van der Waals surface area contributed by atoms with Crippen LogP contribution in [0, 0.1) is 0 Å². The Morgan fingerprint density at radius 1 is 1.26 bits per heavy atom. The van der Waals surface area contributed by atoms with Crippen LogP contribution in [-0.2, 0) is 0 Å². The van der Waals surface area contributed by atoms with Gasteiger partial charge in [-0.15, -0.1) is 25.6 Å². The lowest BCUT2D eigenvalue weighted by molar-refractivity contribution is -0.275. The number of ether oxygens (including phenoxy) is 1. The second kappa shape index (κ2) is 9.05. The van der Waals surface area contributed by atoms with E-state index in [9.17, 15) is 17.6 Å². The smallest absolute Gasteiger partial charge is 0.405 e. The van der Waals surface area contributed by atoms with Crippen LogP contribution >= 0.6 is 28.3 Å². The molecule has 0 aliphatic carbocycles. The molecule has 1 N–H and O–H groups in total. The van der Waals surface area contributed by atoms with Gasteiger partial charge in [0.15, 0.2) is 0 Å². The van der Waals surface area contributed by atoms with E-state index >= 15 is 0 Å². The number of piperazine rings is 1. The van der Waals surface area contributed by atoms with E-state index in [-0.39, 0.29) is 24.6 Å². The van der Waals surface area contributed by atoms with Gasteiger partial charge in [0.05, 0.1) is 6.67 Å². The molecule has 0 unspecified atom stereocenters. The van der Waals surface area contributed by atoms with Gasteiger partial charge in [-0.3, -0.25) is 9.29 Å². The molecule has 0 aromatic heterocycles. The molecule has 0 spiro atoms. The first-order chi connectivity index (χ1) is 10.4. The molecule has 0 radical (unpaired) electrons. The fourth-order valence-electron chi connectivity index (χ4n) is 2.63. The van der Waals surface area contributed by atoms with Crippen molar-refractivity contribution in [2.45, 2.75) is 18.8 Å². The first-order valence-corrected chi connectivity index (χ1v) is 7.76. The number of benzene rings is 1. The maximum absolute atomic E-state index is 12.9. The predicted molar refractivity (Wildman–Crippen MR) is 85.8 cm³/mol. The van der Waals surface area contributed by atoms with E-state index in [1.54, 1.807) is 6.07 Å². The summed E-state index contributed by atoms with van der Waals surface area (Å²) in [6.07, 6.45) is -4.64. The van der Waals surface area contributed by atoms with Crippen LogP contribution in [0.5, 0.6) is 5.75 Å². The fourth-order valence-corrected chi connectivity index (χ4v) is 3.01. The zero-order valence-electron chi connectivity index (χ0n) is 12.2. The van der Waals surface area contributed by atoms with Gasteiger partial charge in [0.2, 0.25) is 0 Å². The molecule has 1 aliphatic rings. The minimum absolute atomic E-state index is 0. The minimum Gasteiger partial charge on any atom is -0.405 e. The molecule has 1 atom stereocenters. The maximum atomic E-state index is 12.9. The molecule has 1 saturated heterocycles. The number of alkyl halides is 4. The standard InChI is InChI=1S/C14H17BrF4N2O.ClH/c15-10-1-2-13(22-14(17,18)19)11(9-10)12(3-4-16)21-7-5-20-6-8-21;/h1-2,9,12,20H,3-8H2;1H/t12-;/m1./s1. The van der Waals surface area contributed by atoms with Gasteiger partial charge in [-0.25, -0.2) is 0 Å². The van der Waals surface area contributed by atoms with Crippen molar-refractivity contribution in [3.05, 3.63) is 28.2 Å². The highest BCUT2D eigenvalue weighted by molar-refractivity contribution is 9.10. The van der Waals surface area contributed by atoms with Crippen molar-refractivity contribution in [2.24, 2.45) is 0 Å². The van der Waals surface area contributed by atoms with Crippen LogP contribution in [0.2, 0.25) is 0 Å². The lowest BCUT2D eigenvalue weighted by Gasteiger charge is -2.35. The Kier molecular flexibility index (Phi) is 8.06. The Labute approximate surface area is 146 Å². The van der Waals surface area contributed by atoms with Crippen molar-refractivity contribution < 1.29 is 22.3 Å². The zero-order valence-corrected chi connectivity index (χ0v) is 14.6. The lowest BCUT2D eigenvalue weighted by atomic mass is 10.0. The maximum Gasteiger partial charge on any atom is 0.573 e. The molecule has 23 heavy (non-hydrogen) atoms. The number of nitrogens with one attached hydrogen (secondary N) is 1. The summed E-state index contributed by atoms with van der Waals surface area (Å²) in [5, 5.41) is 3.17. The topological polar surface area (TPSA) is 24.5 Å². The molecule has 1 aromatic rings. The molecule has 0 bridgehead atoms. The summed E-state index contributed by atoms with van der Waals surface area (Å²) in [5.41, 5.74) is 0.353. The van der Waals surface area contributed by atoms with Crippen LogP contribution in [-0.4, -0.2) is 44.1 Å². The fraction of sp³-hybridized carbons (Fsp3) is 0.571. The van der Waals surface area contributed by atoms with E-state index in [0.717, 1.165) is 13.1 Å². The molecule has 0 amide bonds. The van der Waals surface area contributed by atoms with Gasteiger partial charge in [-0.05, 0) is 24.6 Å². The summed E-state index contributed by atoms with van der Waals surface area (Å²) in [7, 11) is 0. The summed E-state index contributed by atoms with van der Waals surface area (Å²) < 4.78 is 55.4. The van der Waals surface area contributed by atoms with Crippen molar-refractivity contribution in [1.82, 2.24) is 10.2 Å². The van der Waals surface area contributed by atoms with E-state index in [1.165, 1.54) is 12.1 Å². The average Bonchev–Trinajstić information content (AvgIpc) is 2.46. The Morgan fingerprint density at radius 3 is 2.48 bits per heavy atom. The molecule has 1 aromatic carbocycles. The third-order valence-corrected chi connectivity index (χ3v) is 4.02. The highest BCUT2D eigenvalue weighted by atomic mass is 79.9. The Morgan fingerprint density at radius 2 is 1.91 bits per heavy atom. The Balaban J connectivity index is 0.00000264. The third-order valence-electron chi connectivity index (χ3n) is 3.53. The molecule has 0 saturated carbocycles. The van der Waals surface area contributed by atoms with E-state index in [1.807, 2.05) is 4.90 Å². The second-order valence-corrected chi connectivity index (χ2v) is 5.93. The summed E-state index contributed by atoms with van der Waals surface area (Å²) >= 11 is 3.26. The molecule has 9 heteroatoms. The highest BCUT2D eigenvalue weighted by Gasteiger charge is 2.34. The average molecular weight is 422 g/mol. The summed E-state index contributed by atoms with van der Waals surface area (Å²) in [4.78, 5) is 1.99. The van der Waals surface area contributed by atoms with Crippen molar-refractivity contribution in [2.75, 3.05) is 32.9 Å². The summed E-state index contributed by atoms with van der Waals surface area (Å²) in [6.45, 7) is 2.16. The largest absolute Gasteiger partial charge is 0.573 e. The van der Waals surface area contributed by atoms with E-state index in [0.29, 0.717) is 23.1 Å². The van der Waals surface area contributed by atoms with Gasteiger partial charge >= 0.3 is 6.36 Å². The van der Waals surface area contributed by atoms with Crippen LogP contribution in [0.25, 0.3) is 0 Å². The van der Waals surface area contributed by atoms with Crippen LogP contribution in [0.3, 0.4) is 0 Å². The number of halogens is 6. The van der Waals surface area contributed by atoms with Crippen LogP contribution < -0.4 is 10.1 Å². The van der Waals surface area contributed by atoms with Crippen LogP contribution in [0.15, 0.2) is 22.7 Å². The van der Waals surface area contributed by atoms with Crippen molar-refractivity contribution in [3.8, 4) is 5.75 Å². The molecular formula is C14H18BrClF4N2O. The minimum atomic E-state index is -4.77. The Hall–Kier alpha value is -0.570. The number of hydrogen-bond donors (Lipinski definition) is 1. The number of rotatable bonds is 5. The molecule has 1 aliphatic heterocycles. The van der Waals surface area contributed by atoms with E-state index in [4.69, 9.17) is 0 Å². The molecule has 132 valence electrons. The SMILES string of the molecule is Cl.FCC[C@H](c1cc(Br)ccc1OC(F)(F)F)N1CCNCC1. The molecule has 3 nitrogen and oxygen atoms in total. The van der Waals surface area contributed by atoms with Gasteiger partial charge in [0, 0.05) is 42.3 Å². The van der Waals surface area contributed by atoms with Crippen molar-refractivity contribution >= 4 is 28.3 Å². The number of hydrogen-bond acceptors (Lipinski definition) is 3. The van der Waals surface area contributed by atoms with Crippen molar-refractivity contribution in [3.63, 3.8) is 0 Å². The summed E-state index contributed by atoms with van der Waals surface area (Å²) in [5.74, 6) is -0.271. The normalized spacial score (nSPS) is 17.4. The molecule has 1 fully saturated rings. The van der Waals surface area contributed by atoms with Gasteiger partial charge in [-0.2, -0.15) is 0 Å². The third kappa shape index (κ3) is 6.10. The number of nitrogens with zero attached hydrogens (tertiary/aromatic N) is 1. The first kappa shape index (κ1) is 20.5. The quantitative estimate of drug-likeness (QED) is 0.725. The molecular weight excluding hydrogens is 404 g/mol. The Bertz CT molecular complexity index is 498. The van der Waals surface area contributed by atoms with Crippen LogP contribution in [0.1, 0.15) is 18.0 Å². The molecule has 1 heterocycles. The van der Waals surface area contributed by atoms with Crippen LogP contribution in [0.4, 0.5) is 17.6 Å². The lowest BCUT2D eigenvalue weighted by Crippen LogP contribution is -2.45. The van der Waals surface area contributed by atoms with Gasteiger partial charge in [0.25, 0.3) is 0 Å². The first-order valence-electron chi connectivity index (χ1n) is 6.96. The van der Waals surface area contributed by atoms with Crippen molar-refractivity contribution in [1.29, 1.82) is 0 Å². The van der Waals surface area contributed by atoms with Gasteiger partial charge < -0.3 is 10.1 Å². The monoisotopic (exact) mass is 420 g/mol. The zero-order chi connectivity index (χ0) is 16.2. The highest BCUT2D eigenvalue weighted by Crippen LogP contribution is 2.37. The predicted octanol–water partition coefficient (Wildman–Crippen LogP) is 4.08. The van der Waals surface area contributed by atoms with E-state index < -0.39 is 19.1 Å². The summed E-state index contributed by atoms with van der Waals surface area (Å²) in [6, 6.07) is 3.88. The van der Waals surface area contributed by atoms with Gasteiger partial charge in [0.1, 0.15) is 5.75 Å². The molecule has 2 rings (SSSR count). The second-order valence-electron chi connectivity index (χ2n) is 5.01. The van der Waals surface area contributed by atoms with E-state index in [2.05, 4.69) is 26.0 Å². The van der Waals surface area contributed by atoms with Gasteiger partial charge in [-0.1, -0.05) is 15.9 Å².